The molecule has 2 aromatic carbocycles. The molecule has 4 aliphatic rings. The van der Waals surface area contributed by atoms with Gasteiger partial charge in [-0.1, -0.05) is 74.5 Å². The fourth-order valence-electron chi connectivity index (χ4n) is 9.89. The van der Waals surface area contributed by atoms with Gasteiger partial charge >= 0.3 is 0 Å². The van der Waals surface area contributed by atoms with E-state index < -0.39 is 0 Å². The first kappa shape index (κ1) is 26.6. The molecule has 2 amide bonds. The van der Waals surface area contributed by atoms with E-state index in [1.807, 2.05) is 19.2 Å². The van der Waals surface area contributed by atoms with Crippen molar-refractivity contribution in [2.24, 2.45) is 34.5 Å². The van der Waals surface area contributed by atoms with Crippen LogP contribution in [0.4, 0.5) is 0 Å². The van der Waals surface area contributed by atoms with Crippen molar-refractivity contribution in [1.29, 1.82) is 0 Å². The Morgan fingerprint density at radius 2 is 1.51 bits per heavy atom. The number of rotatable bonds is 6. The summed E-state index contributed by atoms with van der Waals surface area (Å²) >= 11 is 0. The van der Waals surface area contributed by atoms with Gasteiger partial charge in [-0.2, -0.15) is 0 Å². The van der Waals surface area contributed by atoms with Crippen LogP contribution < -0.4 is 5.32 Å². The first-order valence-electron chi connectivity index (χ1n) is 15.4. The van der Waals surface area contributed by atoms with Gasteiger partial charge in [-0.15, -0.1) is 0 Å². The molecule has 1 heterocycles. The summed E-state index contributed by atoms with van der Waals surface area (Å²) in [6.07, 6.45) is 9.75. The number of fused-ring (bicyclic) bond motifs is 5. The molecule has 1 aliphatic heterocycles. The fraction of sp³-hybridized carbons (Fsp3) is 0.600. The van der Waals surface area contributed by atoms with Gasteiger partial charge in [0, 0.05) is 38.4 Å². The van der Waals surface area contributed by atoms with E-state index in [0.717, 1.165) is 43.6 Å². The summed E-state index contributed by atoms with van der Waals surface area (Å²) in [7, 11) is 2.05. The number of carbonyl (C=O) groups is 2. The lowest BCUT2D eigenvalue weighted by molar-refractivity contribution is -0.158. The van der Waals surface area contributed by atoms with E-state index in [0.29, 0.717) is 29.7 Å². The van der Waals surface area contributed by atoms with E-state index in [1.54, 1.807) is 0 Å². The van der Waals surface area contributed by atoms with Crippen LogP contribution in [0.3, 0.4) is 0 Å². The third-order valence-electron chi connectivity index (χ3n) is 12.1. The van der Waals surface area contributed by atoms with Crippen LogP contribution in [0.1, 0.15) is 88.7 Å². The van der Waals surface area contributed by atoms with Gasteiger partial charge in [-0.3, -0.25) is 9.59 Å². The molecule has 4 heteroatoms. The lowest BCUT2D eigenvalue weighted by Crippen LogP contribution is -2.61. The fourth-order valence-corrected chi connectivity index (χ4v) is 9.89. The number of amides is 2. The minimum absolute atomic E-state index is 0.0752. The molecule has 1 N–H and O–H groups in total. The first-order valence-corrected chi connectivity index (χ1v) is 15.4. The van der Waals surface area contributed by atoms with Gasteiger partial charge in [0.05, 0.1) is 0 Å². The number of likely N-dealkylation sites (tertiary alicyclic amines) is 1. The van der Waals surface area contributed by atoms with Crippen LogP contribution in [-0.2, 0) is 9.59 Å². The van der Waals surface area contributed by atoms with Crippen molar-refractivity contribution < 1.29 is 9.59 Å². The summed E-state index contributed by atoms with van der Waals surface area (Å²) in [6.45, 7) is 5.85. The monoisotopic (exact) mass is 526 g/mol. The molecule has 3 aliphatic carbocycles. The van der Waals surface area contributed by atoms with Crippen LogP contribution in [0, 0.1) is 34.5 Å². The Balaban J connectivity index is 1.12. The Kier molecular flexibility index (Phi) is 7.10. The molecule has 0 spiro atoms. The Morgan fingerprint density at radius 1 is 0.872 bits per heavy atom. The minimum Gasteiger partial charge on any atom is -0.356 e. The van der Waals surface area contributed by atoms with Gasteiger partial charge in [-0.25, -0.2) is 0 Å². The Morgan fingerprint density at radius 3 is 2.18 bits per heavy atom. The van der Waals surface area contributed by atoms with Gasteiger partial charge in [0.25, 0.3) is 0 Å². The number of piperidine rings is 1. The maximum absolute atomic E-state index is 13.4. The number of hydrogen-bond donors (Lipinski definition) is 1. The summed E-state index contributed by atoms with van der Waals surface area (Å²) in [5, 5.41) is 3.41. The largest absolute Gasteiger partial charge is 0.356 e. The number of hydrogen-bond acceptors (Lipinski definition) is 2. The van der Waals surface area contributed by atoms with Crippen LogP contribution in [0.25, 0.3) is 0 Å². The average Bonchev–Trinajstić information content (AvgIpc) is 3.30. The van der Waals surface area contributed by atoms with Crippen LogP contribution in [-0.4, -0.2) is 36.3 Å². The average molecular weight is 527 g/mol. The summed E-state index contributed by atoms with van der Waals surface area (Å²) in [5.74, 6) is 3.39. The SMILES string of the molecule is CN1C(=O)CC[C@]2(C)[C@H]3CC[C@]4(C)C(CNC(=O)CC(c5ccccc5)c5ccccc5)CC[C@H]4[C@@H]3CC[C@@H]12. The highest BCUT2D eigenvalue weighted by Crippen LogP contribution is 2.66. The molecule has 7 atom stereocenters. The zero-order chi connectivity index (χ0) is 27.2. The lowest BCUT2D eigenvalue weighted by atomic mass is 9.47. The third-order valence-corrected chi connectivity index (χ3v) is 12.1. The van der Waals surface area contributed by atoms with Crippen molar-refractivity contribution in [2.75, 3.05) is 13.6 Å². The second-order valence-corrected chi connectivity index (χ2v) is 13.7. The summed E-state index contributed by atoms with van der Waals surface area (Å²) < 4.78 is 0. The van der Waals surface area contributed by atoms with Crippen molar-refractivity contribution in [3.63, 3.8) is 0 Å². The highest BCUT2D eigenvalue weighted by molar-refractivity contribution is 5.78. The Bertz CT molecular complexity index is 1140. The molecular formula is C35H46N2O2. The summed E-state index contributed by atoms with van der Waals surface area (Å²) in [6, 6.07) is 21.3. The molecule has 0 bridgehead atoms. The third kappa shape index (κ3) is 4.62. The standard InChI is InChI=1S/C35H46N2O2/c1-34-20-18-30-27(15-17-31-35(30,2)21-19-33(39)37(31)3)29(34)16-14-26(34)23-36-32(38)22-28(24-10-6-4-7-11-24)25-12-8-5-9-13-25/h4-13,26-31H,14-23H2,1-3H3,(H,36,38)/t26?,27-,29-,30-,31+,34+,35+/m0/s1. The van der Waals surface area contributed by atoms with Gasteiger partial charge in [0.1, 0.15) is 0 Å². The topological polar surface area (TPSA) is 49.4 Å². The van der Waals surface area contributed by atoms with Crippen molar-refractivity contribution in [3.05, 3.63) is 71.8 Å². The van der Waals surface area contributed by atoms with E-state index in [1.165, 1.54) is 43.2 Å². The maximum Gasteiger partial charge on any atom is 0.222 e. The van der Waals surface area contributed by atoms with Gasteiger partial charge in [-0.05, 0) is 90.6 Å². The lowest BCUT2D eigenvalue weighted by Gasteiger charge is -2.61. The summed E-state index contributed by atoms with van der Waals surface area (Å²) in [4.78, 5) is 27.9. The van der Waals surface area contributed by atoms with Gasteiger partial charge in [0.2, 0.25) is 11.8 Å². The molecular weight excluding hydrogens is 480 g/mol. The van der Waals surface area contributed by atoms with Crippen LogP contribution in [0.2, 0.25) is 0 Å². The van der Waals surface area contributed by atoms with Crippen molar-refractivity contribution >= 4 is 11.8 Å². The van der Waals surface area contributed by atoms with E-state index in [-0.39, 0.29) is 17.2 Å². The highest BCUT2D eigenvalue weighted by atomic mass is 16.2. The molecule has 4 fully saturated rings. The van der Waals surface area contributed by atoms with E-state index in [2.05, 4.69) is 72.6 Å². The summed E-state index contributed by atoms with van der Waals surface area (Å²) in [5.41, 5.74) is 2.98. The van der Waals surface area contributed by atoms with Crippen LogP contribution in [0.15, 0.2) is 60.7 Å². The van der Waals surface area contributed by atoms with Crippen molar-refractivity contribution in [1.82, 2.24) is 10.2 Å². The predicted octanol–water partition coefficient (Wildman–Crippen LogP) is 6.80. The molecule has 0 radical (unpaired) electrons. The molecule has 3 saturated carbocycles. The first-order chi connectivity index (χ1) is 18.8. The smallest absolute Gasteiger partial charge is 0.222 e. The number of carbonyl (C=O) groups excluding carboxylic acids is 2. The molecule has 208 valence electrons. The zero-order valence-electron chi connectivity index (χ0n) is 24.1. The number of benzene rings is 2. The van der Waals surface area contributed by atoms with E-state index >= 15 is 0 Å². The van der Waals surface area contributed by atoms with Crippen molar-refractivity contribution in [2.45, 2.75) is 83.6 Å². The number of nitrogens with zero attached hydrogens (tertiary/aromatic N) is 1. The minimum atomic E-state index is 0.0752. The Labute approximate surface area is 234 Å². The molecule has 39 heavy (non-hydrogen) atoms. The normalized spacial score (nSPS) is 35.7. The zero-order valence-corrected chi connectivity index (χ0v) is 24.1. The molecule has 1 unspecified atom stereocenters. The Hall–Kier alpha value is -2.62. The predicted molar refractivity (Wildman–Crippen MR) is 156 cm³/mol. The molecule has 6 rings (SSSR count). The molecule has 1 saturated heterocycles. The van der Waals surface area contributed by atoms with E-state index in [4.69, 9.17) is 0 Å². The molecule has 0 aromatic heterocycles. The second kappa shape index (κ2) is 10.4. The highest BCUT2D eigenvalue weighted by Gasteiger charge is 2.61. The van der Waals surface area contributed by atoms with Crippen LogP contribution in [0.5, 0.6) is 0 Å². The maximum atomic E-state index is 13.4. The van der Waals surface area contributed by atoms with E-state index in [9.17, 15) is 9.59 Å². The quantitative estimate of drug-likeness (QED) is 0.450. The van der Waals surface area contributed by atoms with Crippen LogP contribution >= 0.6 is 0 Å². The second-order valence-electron chi connectivity index (χ2n) is 13.7. The number of nitrogens with one attached hydrogen (secondary N) is 1. The molecule has 4 nitrogen and oxygen atoms in total. The van der Waals surface area contributed by atoms with Gasteiger partial charge < -0.3 is 10.2 Å². The van der Waals surface area contributed by atoms with Gasteiger partial charge in [0.15, 0.2) is 0 Å². The molecule has 2 aromatic rings. The van der Waals surface area contributed by atoms with Crippen molar-refractivity contribution in [3.8, 4) is 0 Å².